The topological polar surface area (TPSA) is 37.4 Å². The number of benzene rings is 1. The highest BCUT2D eigenvalue weighted by molar-refractivity contribution is 9.11. The molecule has 108 valence electrons. The van der Waals surface area contributed by atoms with E-state index in [1.165, 1.54) is 24.3 Å². The lowest BCUT2D eigenvalue weighted by Gasteiger charge is -2.22. The molecule has 0 amide bonds. The maximum absolute atomic E-state index is 13.8. The summed E-state index contributed by atoms with van der Waals surface area (Å²) in [4.78, 5) is 0. The van der Waals surface area contributed by atoms with E-state index in [-0.39, 0.29) is 16.4 Å². The third-order valence-electron chi connectivity index (χ3n) is 2.58. The smallest absolute Gasteiger partial charge is 0.263 e. The molecule has 0 fully saturated rings. The molecule has 0 aliphatic heterocycles. The van der Waals surface area contributed by atoms with Crippen LogP contribution in [0.15, 0.2) is 38.3 Å². The largest absolute Gasteiger partial charge is 0.273 e. The van der Waals surface area contributed by atoms with Crippen LogP contribution in [-0.2, 0) is 10.0 Å². The van der Waals surface area contributed by atoms with Crippen molar-refractivity contribution < 1.29 is 12.8 Å². The molecule has 0 N–H and O–H groups in total. The predicted octanol–water partition coefficient (Wildman–Crippen LogP) is 4.52. The fraction of sp³-hybridized carbons (Fsp3) is 0.167. The number of thiophene rings is 1. The number of hydrogen-bond acceptors (Lipinski definition) is 3. The van der Waals surface area contributed by atoms with Crippen molar-refractivity contribution in [1.82, 2.24) is 0 Å². The lowest BCUT2D eigenvalue weighted by Crippen LogP contribution is -2.30. The number of anilines is 1. The monoisotopic (exact) mass is 397 g/mol. The van der Waals surface area contributed by atoms with E-state index in [1.807, 2.05) is 0 Å². The van der Waals surface area contributed by atoms with E-state index in [1.54, 1.807) is 13.0 Å². The molecule has 2 rings (SSSR count). The molecule has 0 saturated heterocycles. The van der Waals surface area contributed by atoms with Crippen LogP contribution in [0, 0.1) is 5.82 Å². The first-order chi connectivity index (χ1) is 9.37. The molecule has 3 nitrogen and oxygen atoms in total. The molecule has 2 aromatic rings. The molecule has 1 aromatic carbocycles. The van der Waals surface area contributed by atoms with Crippen molar-refractivity contribution in [3.8, 4) is 0 Å². The number of sulfonamides is 1. The second kappa shape index (κ2) is 6.01. The zero-order chi connectivity index (χ0) is 14.9. The summed E-state index contributed by atoms with van der Waals surface area (Å²) in [5, 5.41) is 0.318. The first-order valence-electron chi connectivity index (χ1n) is 5.60. The number of hydrogen-bond donors (Lipinski definition) is 0. The maximum Gasteiger partial charge on any atom is 0.273 e. The molecular weight excluding hydrogens is 389 g/mol. The summed E-state index contributed by atoms with van der Waals surface area (Å²) >= 11 is 10.0. The Labute approximate surface area is 134 Å². The number of nitrogens with zero attached hydrogens (tertiary/aromatic N) is 1. The maximum atomic E-state index is 13.8. The van der Waals surface area contributed by atoms with Crippen molar-refractivity contribution in [1.29, 1.82) is 0 Å². The molecule has 0 atom stereocenters. The van der Waals surface area contributed by atoms with Crippen LogP contribution in [0.4, 0.5) is 10.1 Å². The van der Waals surface area contributed by atoms with Crippen molar-refractivity contribution in [2.45, 2.75) is 11.1 Å². The van der Waals surface area contributed by atoms with E-state index in [2.05, 4.69) is 15.9 Å². The Morgan fingerprint density at radius 2 is 2.05 bits per heavy atom. The molecule has 0 aliphatic carbocycles. The third kappa shape index (κ3) is 2.86. The first-order valence-corrected chi connectivity index (χ1v) is 9.02. The molecule has 0 spiro atoms. The van der Waals surface area contributed by atoms with Crippen LogP contribution in [0.5, 0.6) is 0 Å². The predicted molar refractivity (Wildman–Crippen MR) is 83.6 cm³/mol. The Kier molecular flexibility index (Phi) is 4.73. The Morgan fingerprint density at radius 3 is 2.55 bits per heavy atom. The van der Waals surface area contributed by atoms with Gasteiger partial charge < -0.3 is 0 Å². The van der Waals surface area contributed by atoms with Gasteiger partial charge in [0, 0.05) is 6.54 Å². The second-order valence-electron chi connectivity index (χ2n) is 3.81. The van der Waals surface area contributed by atoms with Gasteiger partial charge in [0.1, 0.15) is 10.0 Å². The molecule has 1 aromatic heterocycles. The van der Waals surface area contributed by atoms with Gasteiger partial charge >= 0.3 is 0 Å². The average molecular weight is 399 g/mol. The van der Waals surface area contributed by atoms with Gasteiger partial charge in [0.2, 0.25) is 0 Å². The summed E-state index contributed by atoms with van der Waals surface area (Å²) in [5.41, 5.74) is 0.0237. The summed E-state index contributed by atoms with van der Waals surface area (Å²) < 4.78 is 40.6. The molecule has 0 saturated carbocycles. The van der Waals surface area contributed by atoms with Crippen molar-refractivity contribution >= 4 is 54.6 Å². The lowest BCUT2D eigenvalue weighted by molar-refractivity contribution is 0.588. The molecule has 1 heterocycles. The van der Waals surface area contributed by atoms with E-state index in [0.29, 0.717) is 8.81 Å². The van der Waals surface area contributed by atoms with E-state index in [0.717, 1.165) is 15.6 Å². The van der Waals surface area contributed by atoms with E-state index < -0.39 is 15.8 Å². The molecule has 8 heteroatoms. The van der Waals surface area contributed by atoms with Crippen molar-refractivity contribution in [2.75, 3.05) is 10.8 Å². The number of rotatable bonds is 4. The summed E-state index contributed by atoms with van der Waals surface area (Å²) in [6.45, 7) is 1.77. The Bertz CT molecular complexity index is 713. The van der Waals surface area contributed by atoms with Crippen molar-refractivity contribution in [3.63, 3.8) is 0 Å². The number of halogens is 3. The second-order valence-corrected chi connectivity index (χ2v) is 8.67. The van der Waals surface area contributed by atoms with E-state index >= 15 is 0 Å². The molecule has 0 radical (unpaired) electrons. The van der Waals surface area contributed by atoms with Gasteiger partial charge in [-0.3, -0.25) is 4.31 Å². The van der Waals surface area contributed by atoms with E-state index in [4.69, 9.17) is 11.6 Å². The highest BCUT2D eigenvalue weighted by Gasteiger charge is 2.28. The van der Waals surface area contributed by atoms with Gasteiger partial charge in [0.15, 0.2) is 0 Å². The Balaban J connectivity index is 2.53. The zero-order valence-electron chi connectivity index (χ0n) is 10.3. The highest BCUT2D eigenvalue weighted by Crippen LogP contribution is 2.37. The van der Waals surface area contributed by atoms with Crippen LogP contribution in [0.1, 0.15) is 6.92 Å². The van der Waals surface area contributed by atoms with Crippen LogP contribution in [-0.4, -0.2) is 15.0 Å². The van der Waals surface area contributed by atoms with Gasteiger partial charge in [-0.25, -0.2) is 12.8 Å². The average Bonchev–Trinajstić information content (AvgIpc) is 2.73. The molecule has 0 unspecified atom stereocenters. The normalized spacial score (nSPS) is 11.6. The van der Waals surface area contributed by atoms with Crippen LogP contribution >= 0.6 is 38.9 Å². The van der Waals surface area contributed by atoms with Crippen LogP contribution in [0.2, 0.25) is 5.02 Å². The Hall–Kier alpha value is -0.630. The summed E-state index contributed by atoms with van der Waals surface area (Å²) in [6.07, 6.45) is 0. The molecule has 20 heavy (non-hydrogen) atoms. The molecule has 0 bridgehead atoms. The summed E-state index contributed by atoms with van der Waals surface area (Å²) in [6, 6.07) is 7.12. The minimum absolute atomic E-state index is 0.0237. The van der Waals surface area contributed by atoms with Gasteiger partial charge in [-0.2, -0.15) is 0 Å². The number of para-hydroxylation sites is 1. The van der Waals surface area contributed by atoms with Gasteiger partial charge in [-0.1, -0.05) is 23.7 Å². The summed E-state index contributed by atoms with van der Waals surface area (Å²) in [5.74, 6) is -0.584. The van der Waals surface area contributed by atoms with Gasteiger partial charge in [0.25, 0.3) is 10.0 Å². The standard InChI is InChI=1S/C12H10BrClFNO2S2/c1-2-16(10-6-4-3-5-9(10)15)20(17,18)11-7-8(14)12(13)19-11/h3-7H,2H2,1H3. The van der Waals surface area contributed by atoms with Gasteiger partial charge in [-0.05, 0) is 41.1 Å². The van der Waals surface area contributed by atoms with Gasteiger partial charge in [-0.15, -0.1) is 11.3 Å². The van der Waals surface area contributed by atoms with Gasteiger partial charge in [0.05, 0.1) is 14.5 Å². The fourth-order valence-electron chi connectivity index (χ4n) is 1.69. The van der Waals surface area contributed by atoms with Crippen molar-refractivity contribution in [2.24, 2.45) is 0 Å². The lowest BCUT2D eigenvalue weighted by atomic mass is 10.3. The van der Waals surface area contributed by atoms with Crippen LogP contribution in [0.3, 0.4) is 0 Å². The van der Waals surface area contributed by atoms with Crippen molar-refractivity contribution in [3.05, 3.63) is 45.0 Å². The third-order valence-corrected chi connectivity index (χ3v) is 7.39. The fourth-order valence-corrected chi connectivity index (χ4v) is 5.68. The minimum Gasteiger partial charge on any atom is -0.263 e. The quantitative estimate of drug-likeness (QED) is 0.759. The Morgan fingerprint density at radius 1 is 1.40 bits per heavy atom. The first kappa shape index (κ1) is 15.8. The SMILES string of the molecule is CCN(c1ccccc1F)S(=O)(=O)c1cc(Cl)c(Br)s1. The van der Waals surface area contributed by atoms with E-state index in [9.17, 15) is 12.8 Å². The zero-order valence-corrected chi connectivity index (χ0v) is 14.3. The highest BCUT2D eigenvalue weighted by atomic mass is 79.9. The summed E-state index contributed by atoms with van der Waals surface area (Å²) in [7, 11) is -3.83. The van der Waals surface area contributed by atoms with Crippen LogP contribution < -0.4 is 4.31 Å². The van der Waals surface area contributed by atoms with Crippen LogP contribution in [0.25, 0.3) is 0 Å². The minimum atomic E-state index is -3.83. The molecular formula is C12H10BrClFNO2S2. The molecule has 0 aliphatic rings.